The number of rotatable bonds is 6. The summed E-state index contributed by atoms with van der Waals surface area (Å²) >= 11 is 0. The van der Waals surface area contributed by atoms with Gasteiger partial charge in [0.2, 0.25) is 11.8 Å². The number of nitrogens with one attached hydrogen (secondary N) is 1. The average molecular weight is 352 g/mol. The molecule has 5 heteroatoms. The number of carbonyl (C=O) groups is 3. The van der Waals surface area contributed by atoms with Gasteiger partial charge in [-0.05, 0) is 43.5 Å². The summed E-state index contributed by atoms with van der Waals surface area (Å²) in [6.45, 7) is 6.72. The van der Waals surface area contributed by atoms with Gasteiger partial charge >= 0.3 is 0 Å². The van der Waals surface area contributed by atoms with Crippen LogP contribution in [-0.4, -0.2) is 24.1 Å². The predicted octanol–water partition coefficient (Wildman–Crippen LogP) is 3.75. The highest BCUT2D eigenvalue weighted by Gasteiger charge is 2.18. The van der Waals surface area contributed by atoms with Crippen LogP contribution in [0.3, 0.4) is 0 Å². The summed E-state index contributed by atoms with van der Waals surface area (Å²) in [6, 6.07) is 12.6. The van der Waals surface area contributed by atoms with Crippen molar-refractivity contribution in [1.29, 1.82) is 0 Å². The summed E-state index contributed by atoms with van der Waals surface area (Å²) in [5, 5.41) is 2.92. The van der Waals surface area contributed by atoms with Gasteiger partial charge in [0, 0.05) is 23.9 Å². The topological polar surface area (TPSA) is 66.5 Å². The van der Waals surface area contributed by atoms with Crippen LogP contribution in [0.25, 0.3) is 0 Å². The standard InChI is InChI=1S/C21H24N2O3/c1-5-17-9-6-8-14(2)21(17)22-20(26)13-23(16(4)25)19-11-7-10-18(12-19)15(3)24/h6-12H,5,13H2,1-4H3,(H,22,26). The fourth-order valence-corrected chi connectivity index (χ4v) is 2.80. The number of carbonyl (C=O) groups excluding carboxylic acids is 3. The number of Topliss-reactive ketones (excluding diaryl/α,β-unsaturated/α-hetero) is 1. The van der Waals surface area contributed by atoms with Gasteiger partial charge in [0.25, 0.3) is 0 Å². The van der Waals surface area contributed by atoms with E-state index >= 15 is 0 Å². The molecule has 0 fully saturated rings. The van der Waals surface area contributed by atoms with E-state index in [0.717, 1.165) is 23.2 Å². The molecule has 0 heterocycles. The van der Waals surface area contributed by atoms with Gasteiger partial charge < -0.3 is 10.2 Å². The van der Waals surface area contributed by atoms with Crippen LogP contribution in [0.5, 0.6) is 0 Å². The lowest BCUT2D eigenvalue weighted by Crippen LogP contribution is -2.37. The molecule has 136 valence electrons. The molecule has 0 aromatic heterocycles. The third-order valence-electron chi connectivity index (χ3n) is 4.25. The molecule has 1 N–H and O–H groups in total. The molecule has 0 bridgehead atoms. The van der Waals surface area contributed by atoms with Crippen molar-refractivity contribution in [3.05, 3.63) is 59.2 Å². The van der Waals surface area contributed by atoms with Crippen molar-refractivity contribution >= 4 is 29.0 Å². The van der Waals surface area contributed by atoms with Gasteiger partial charge in [0.05, 0.1) is 0 Å². The van der Waals surface area contributed by atoms with Crippen molar-refractivity contribution in [2.75, 3.05) is 16.8 Å². The number of nitrogens with zero attached hydrogens (tertiary/aromatic N) is 1. The molecule has 0 aliphatic carbocycles. The summed E-state index contributed by atoms with van der Waals surface area (Å²) in [6.07, 6.45) is 0.800. The van der Waals surface area contributed by atoms with Crippen molar-refractivity contribution in [3.63, 3.8) is 0 Å². The molecule has 0 saturated carbocycles. The van der Waals surface area contributed by atoms with Gasteiger partial charge in [-0.25, -0.2) is 0 Å². The predicted molar refractivity (Wildman–Crippen MR) is 104 cm³/mol. The van der Waals surface area contributed by atoms with Crippen LogP contribution in [0.1, 0.15) is 42.3 Å². The van der Waals surface area contributed by atoms with Crippen molar-refractivity contribution in [2.45, 2.75) is 34.1 Å². The molecule has 0 aliphatic rings. The largest absolute Gasteiger partial charge is 0.324 e. The van der Waals surface area contributed by atoms with Crippen LogP contribution >= 0.6 is 0 Å². The molecule has 0 unspecified atom stereocenters. The maximum Gasteiger partial charge on any atom is 0.244 e. The van der Waals surface area contributed by atoms with Crippen molar-refractivity contribution in [1.82, 2.24) is 0 Å². The number of hydrogen-bond donors (Lipinski definition) is 1. The molecule has 0 aliphatic heterocycles. The van der Waals surface area contributed by atoms with E-state index in [4.69, 9.17) is 0 Å². The highest BCUT2D eigenvalue weighted by atomic mass is 16.2. The summed E-state index contributed by atoms with van der Waals surface area (Å²) in [5.74, 6) is -0.633. The fourth-order valence-electron chi connectivity index (χ4n) is 2.80. The van der Waals surface area contributed by atoms with E-state index in [1.54, 1.807) is 24.3 Å². The van der Waals surface area contributed by atoms with E-state index < -0.39 is 0 Å². The van der Waals surface area contributed by atoms with E-state index in [1.807, 2.05) is 32.0 Å². The average Bonchev–Trinajstić information content (AvgIpc) is 2.61. The van der Waals surface area contributed by atoms with E-state index in [-0.39, 0.29) is 24.1 Å². The molecule has 5 nitrogen and oxygen atoms in total. The van der Waals surface area contributed by atoms with Gasteiger partial charge in [-0.3, -0.25) is 14.4 Å². The molecule has 2 amide bonds. The first-order chi connectivity index (χ1) is 12.3. The maximum atomic E-state index is 12.6. The second-order valence-electron chi connectivity index (χ2n) is 6.22. The molecule has 26 heavy (non-hydrogen) atoms. The van der Waals surface area contributed by atoms with E-state index in [9.17, 15) is 14.4 Å². The minimum absolute atomic E-state index is 0.0905. The number of para-hydroxylation sites is 1. The SMILES string of the molecule is CCc1cccc(C)c1NC(=O)CN(C(C)=O)c1cccc(C(C)=O)c1. The number of ketones is 1. The Balaban J connectivity index is 2.23. The number of amides is 2. The zero-order valence-corrected chi connectivity index (χ0v) is 15.6. The van der Waals surface area contributed by atoms with Crippen LogP contribution in [0.4, 0.5) is 11.4 Å². The van der Waals surface area contributed by atoms with Crippen molar-refractivity contribution in [3.8, 4) is 0 Å². The lowest BCUT2D eigenvalue weighted by Gasteiger charge is -2.22. The molecule has 2 aromatic carbocycles. The van der Waals surface area contributed by atoms with E-state index in [1.165, 1.54) is 18.7 Å². The second kappa shape index (κ2) is 8.43. The zero-order valence-electron chi connectivity index (χ0n) is 15.6. The van der Waals surface area contributed by atoms with Gasteiger partial charge in [0.1, 0.15) is 6.54 Å². The Kier molecular flexibility index (Phi) is 6.28. The first kappa shape index (κ1) is 19.4. The van der Waals surface area contributed by atoms with Crippen LogP contribution in [-0.2, 0) is 16.0 Å². The lowest BCUT2D eigenvalue weighted by molar-refractivity contribution is -0.120. The third-order valence-corrected chi connectivity index (χ3v) is 4.25. The fraction of sp³-hybridized carbons (Fsp3) is 0.286. The maximum absolute atomic E-state index is 12.6. The summed E-state index contributed by atoms with van der Waals surface area (Å²) in [5.41, 5.74) is 3.85. The molecule has 0 spiro atoms. The summed E-state index contributed by atoms with van der Waals surface area (Å²) in [4.78, 5) is 37.6. The van der Waals surface area contributed by atoms with Gasteiger partial charge in [-0.2, -0.15) is 0 Å². The van der Waals surface area contributed by atoms with E-state index in [2.05, 4.69) is 5.32 Å². The Bertz CT molecular complexity index is 843. The van der Waals surface area contributed by atoms with Crippen LogP contribution in [0.2, 0.25) is 0 Å². The minimum atomic E-state index is -0.280. The van der Waals surface area contributed by atoms with E-state index in [0.29, 0.717) is 11.3 Å². The Morgan fingerprint density at radius 2 is 1.73 bits per heavy atom. The zero-order chi connectivity index (χ0) is 19.3. The van der Waals surface area contributed by atoms with Crippen molar-refractivity contribution in [2.24, 2.45) is 0 Å². The lowest BCUT2D eigenvalue weighted by atomic mass is 10.1. The van der Waals surface area contributed by atoms with Crippen LogP contribution < -0.4 is 10.2 Å². The number of benzene rings is 2. The number of hydrogen-bond acceptors (Lipinski definition) is 3. The number of aryl methyl sites for hydroxylation is 2. The highest BCUT2D eigenvalue weighted by Crippen LogP contribution is 2.22. The quantitative estimate of drug-likeness (QED) is 0.805. The first-order valence-corrected chi connectivity index (χ1v) is 8.61. The molecule has 0 saturated heterocycles. The van der Waals surface area contributed by atoms with Crippen LogP contribution in [0.15, 0.2) is 42.5 Å². The van der Waals surface area contributed by atoms with Gasteiger partial charge in [-0.15, -0.1) is 0 Å². The molecule has 2 rings (SSSR count). The van der Waals surface area contributed by atoms with Crippen molar-refractivity contribution < 1.29 is 14.4 Å². The third kappa shape index (κ3) is 4.57. The molecule has 2 aromatic rings. The van der Waals surface area contributed by atoms with Gasteiger partial charge in [0.15, 0.2) is 5.78 Å². The molecular formula is C21H24N2O3. The van der Waals surface area contributed by atoms with Crippen LogP contribution in [0, 0.1) is 6.92 Å². The van der Waals surface area contributed by atoms with Gasteiger partial charge in [-0.1, -0.05) is 37.3 Å². The first-order valence-electron chi connectivity index (χ1n) is 8.61. The summed E-state index contributed by atoms with van der Waals surface area (Å²) < 4.78 is 0. The molecule has 0 radical (unpaired) electrons. The summed E-state index contributed by atoms with van der Waals surface area (Å²) in [7, 11) is 0. The Morgan fingerprint density at radius 1 is 1.04 bits per heavy atom. The molecule has 0 atom stereocenters. The Labute approximate surface area is 154 Å². The number of anilines is 2. The monoisotopic (exact) mass is 352 g/mol. The Hall–Kier alpha value is -2.95. The minimum Gasteiger partial charge on any atom is -0.324 e. The Morgan fingerprint density at radius 3 is 2.35 bits per heavy atom. The normalized spacial score (nSPS) is 10.3. The smallest absolute Gasteiger partial charge is 0.244 e. The second-order valence-corrected chi connectivity index (χ2v) is 6.22. The highest BCUT2D eigenvalue weighted by molar-refractivity contribution is 6.03. The molecular weight excluding hydrogens is 328 g/mol.